The molecule has 1 saturated heterocycles. The summed E-state index contributed by atoms with van der Waals surface area (Å²) in [5.41, 5.74) is -0.0411. The molecule has 2 N–H and O–H groups in total. The molecule has 0 bridgehead atoms. The summed E-state index contributed by atoms with van der Waals surface area (Å²) in [4.78, 5) is 2.36. The number of likely N-dealkylation sites (tertiary alicyclic amines) is 1. The summed E-state index contributed by atoms with van der Waals surface area (Å²) in [6, 6.07) is 0.310. The normalized spacial score (nSPS) is 25.6. The van der Waals surface area contributed by atoms with Crippen LogP contribution >= 0.6 is 0 Å². The summed E-state index contributed by atoms with van der Waals surface area (Å²) >= 11 is 0. The van der Waals surface area contributed by atoms with Gasteiger partial charge >= 0.3 is 0 Å². The molecule has 1 rings (SSSR count). The Labute approximate surface area is 106 Å². The maximum Gasteiger partial charge on any atom is 0.0600 e. The molecule has 0 radical (unpaired) electrons. The van der Waals surface area contributed by atoms with Gasteiger partial charge < -0.3 is 10.2 Å². The lowest BCUT2D eigenvalue weighted by molar-refractivity contribution is 0.0353. The topological polar surface area (TPSA) is 43.7 Å². The summed E-state index contributed by atoms with van der Waals surface area (Å²) in [6.45, 7) is 8.45. The Morgan fingerprint density at radius 3 is 2.53 bits per heavy atom. The lowest BCUT2D eigenvalue weighted by Gasteiger charge is -2.32. The first-order valence-corrected chi connectivity index (χ1v) is 6.98. The van der Waals surface area contributed by atoms with Gasteiger partial charge in [0.2, 0.25) is 0 Å². The predicted octanol–water partition coefficient (Wildman–Crippen LogP) is 2.02. The van der Waals surface area contributed by atoms with E-state index in [-0.39, 0.29) is 18.1 Å². The standard InChI is InChI=1S/C14H29NO2/c1-14(2,3)13(17)8-10-15-9-6-4-5-7-12(15)11-16/h12-13,16-17H,4-11H2,1-3H3. The summed E-state index contributed by atoms with van der Waals surface area (Å²) in [5, 5.41) is 19.5. The minimum absolute atomic E-state index is 0.0411. The van der Waals surface area contributed by atoms with Crippen LogP contribution in [0.3, 0.4) is 0 Å². The van der Waals surface area contributed by atoms with E-state index in [0.717, 1.165) is 25.9 Å². The van der Waals surface area contributed by atoms with Crippen molar-refractivity contribution >= 4 is 0 Å². The van der Waals surface area contributed by atoms with Gasteiger partial charge in [0.1, 0.15) is 0 Å². The number of hydrogen-bond acceptors (Lipinski definition) is 3. The molecule has 17 heavy (non-hydrogen) atoms. The molecule has 0 aliphatic carbocycles. The Kier molecular flexibility index (Phi) is 5.90. The van der Waals surface area contributed by atoms with Crippen molar-refractivity contribution in [3.8, 4) is 0 Å². The monoisotopic (exact) mass is 243 g/mol. The molecule has 0 aromatic heterocycles. The number of aliphatic hydroxyl groups excluding tert-OH is 2. The van der Waals surface area contributed by atoms with E-state index in [9.17, 15) is 10.2 Å². The Morgan fingerprint density at radius 2 is 1.94 bits per heavy atom. The second-order valence-electron chi connectivity index (χ2n) is 6.39. The third-order valence-electron chi connectivity index (χ3n) is 3.90. The van der Waals surface area contributed by atoms with Gasteiger partial charge in [0.05, 0.1) is 12.7 Å². The maximum atomic E-state index is 10.1. The fourth-order valence-electron chi connectivity index (χ4n) is 2.46. The second-order valence-corrected chi connectivity index (χ2v) is 6.39. The zero-order valence-electron chi connectivity index (χ0n) is 11.7. The average molecular weight is 243 g/mol. The number of hydrogen-bond donors (Lipinski definition) is 2. The Bertz CT molecular complexity index is 213. The van der Waals surface area contributed by atoms with Gasteiger partial charge in [0.25, 0.3) is 0 Å². The first kappa shape index (κ1) is 14.9. The summed E-state index contributed by atoms with van der Waals surface area (Å²) in [5.74, 6) is 0. The van der Waals surface area contributed by atoms with Crippen LogP contribution in [0.15, 0.2) is 0 Å². The molecular formula is C14H29NO2. The van der Waals surface area contributed by atoms with Crippen LogP contribution < -0.4 is 0 Å². The Balaban J connectivity index is 2.42. The van der Waals surface area contributed by atoms with E-state index in [1.54, 1.807) is 0 Å². The largest absolute Gasteiger partial charge is 0.395 e. The van der Waals surface area contributed by atoms with E-state index in [4.69, 9.17) is 0 Å². The van der Waals surface area contributed by atoms with Crippen LogP contribution in [-0.2, 0) is 0 Å². The van der Waals surface area contributed by atoms with E-state index in [2.05, 4.69) is 25.7 Å². The minimum Gasteiger partial charge on any atom is -0.395 e. The minimum atomic E-state index is -0.259. The average Bonchev–Trinajstić information content (AvgIpc) is 2.48. The molecule has 1 aliphatic heterocycles. The number of nitrogens with zero attached hydrogens (tertiary/aromatic N) is 1. The fraction of sp³-hybridized carbons (Fsp3) is 1.00. The van der Waals surface area contributed by atoms with Crippen molar-refractivity contribution in [3.05, 3.63) is 0 Å². The molecular weight excluding hydrogens is 214 g/mol. The molecule has 0 spiro atoms. The lowest BCUT2D eigenvalue weighted by Crippen LogP contribution is -2.40. The molecule has 1 heterocycles. The van der Waals surface area contributed by atoms with Crippen LogP contribution in [0, 0.1) is 5.41 Å². The van der Waals surface area contributed by atoms with Gasteiger partial charge in [-0.2, -0.15) is 0 Å². The lowest BCUT2D eigenvalue weighted by atomic mass is 9.87. The highest BCUT2D eigenvalue weighted by molar-refractivity contribution is 4.78. The number of rotatable bonds is 4. The van der Waals surface area contributed by atoms with Crippen LogP contribution in [0.5, 0.6) is 0 Å². The van der Waals surface area contributed by atoms with E-state index < -0.39 is 0 Å². The van der Waals surface area contributed by atoms with Crippen molar-refractivity contribution in [1.82, 2.24) is 4.90 Å². The number of aliphatic hydroxyl groups is 2. The van der Waals surface area contributed by atoms with Gasteiger partial charge in [0, 0.05) is 12.6 Å². The highest BCUT2D eigenvalue weighted by Gasteiger charge is 2.25. The highest BCUT2D eigenvalue weighted by atomic mass is 16.3. The third-order valence-corrected chi connectivity index (χ3v) is 3.90. The van der Waals surface area contributed by atoms with Crippen molar-refractivity contribution in [2.45, 2.75) is 65.0 Å². The van der Waals surface area contributed by atoms with Gasteiger partial charge in [-0.25, -0.2) is 0 Å². The zero-order valence-corrected chi connectivity index (χ0v) is 11.7. The van der Waals surface area contributed by atoms with Crippen LogP contribution in [0.25, 0.3) is 0 Å². The van der Waals surface area contributed by atoms with Gasteiger partial charge in [-0.1, -0.05) is 33.6 Å². The molecule has 0 aromatic carbocycles. The Hall–Kier alpha value is -0.120. The molecule has 102 valence electrons. The first-order chi connectivity index (χ1) is 7.95. The molecule has 3 nitrogen and oxygen atoms in total. The molecule has 0 aromatic rings. The smallest absolute Gasteiger partial charge is 0.0600 e. The fourth-order valence-corrected chi connectivity index (χ4v) is 2.46. The highest BCUT2D eigenvalue weighted by Crippen LogP contribution is 2.23. The van der Waals surface area contributed by atoms with Gasteiger partial charge in [0.15, 0.2) is 0 Å². The molecule has 0 amide bonds. The summed E-state index contributed by atoms with van der Waals surface area (Å²) < 4.78 is 0. The van der Waals surface area contributed by atoms with Gasteiger partial charge in [-0.3, -0.25) is 4.90 Å². The van der Waals surface area contributed by atoms with E-state index >= 15 is 0 Å². The molecule has 3 heteroatoms. The summed E-state index contributed by atoms with van der Waals surface area (Å²) in [7, 11) is 0. The first-order valence-electron chi connectivity index (χ1n) is 6.98. The predicted molar refractivity (Wildman–Crippen MR) is 71.0 cm³/mol. The van der Waals surface area contributed by atoms with E-state index in [1.165, 1.54) is 19.3 Å². The zero-order chi connectivity index (χ0) is 12.9. The quantitative estimate of drug-likeness (QED) is 0.794. The van der Waals surface area contributed by atoms with Crippen LogP contribution in [-0.4, -0.2) is 47.0 Å². The van der Waals surface area contributed by atoms with Gasteiger partial charge in [-0.15, -0.1) is 0 Å². The van der Waals surface area contributed by atoms with Crippen LogP contribution in [0.1, 0.15) is 52.9 Å². The molecule has 0 saturated carbocycles. The summed E-state index contributed by atoms with van der Waals surface area (Å²) in [6.07, 6.45) is 5.37. The molecule has 1 fully saturated rings. The second kappa shape index (κ2) is 6.72. The molecule has 2 atom stereocenters. The van der Waals surface area contributed by atoms with Crippen LogP contribution in [0.2, 0.25) is 0 Å². The van der Waals surface area contributed by atoms with E-state index in [1.807, 2.05) is 0 Å². The molecule has 2 unspecified atom stereocenters. The van der Waals surface area contributed by atoms with Crippen molar-refractivity contribution in [1.29, 1.82) is 0 Å². The van der Waals surface area contributed by atoms with Crippen molar-refractivity contribution in [3.63, 3.8) is 0 Å². The molecule has 1 aliphatic rings. The van der Waals surface area contributed by atoms with E-state index in [0.29, 0.717) is 6.04 Å². The van der Waals surface area contributed by atoms with Crippen molar-refractivity contribution < 1.29 is 10.2 Å². The van der Waals surface area contributed by atoms with Gasteiger partial charge in [-0.05, 0) is 31.2 Å². The maximum absolute atomic E-state index is 10.1. The van der Waals surface area contributed by atoms with Crippen molar-refractivity contribution in [2.24, 2.45) is 5.41 Å². The van der Waals surface area contributed by atoms with Crippen molar-refractivity contribution in [2.75, 3.05) is 19.7 Å². The third kappa shape index (κ3) is 4.94. The van der Waals surface area contributed by atoms with Crippen LogP contribution in [0.4, 0.5) is 0 Å². The SMILES string of the molecule is CC(C)(C)C(O)CCN1CCCCCC1CO. The Morgan fingerprint density at radius 1 is 1.24 bits per heavy atom.